The highest BCUT2D eigenvalue weighted by molar-refractivity contribution is 9.10. The van der Waals surface area contributed by atoms with Gasteiger partial charge in [0.25, 0.3) is 5.91 Å². The van der Waals surface area contributed by atoms with Crippen LogP contribution >= 0.6 is 27.7 Å². The summed E-state index contributed by atoms with van der Waals surface area (Å²) in [6.07, 6.45) is 1.61. The van der Waals surface area contributed by atoms with Gasteiger partial charge in [-0.1, -0.05) is 103 Å². The third kappa shape index (κ3) is 6.50. The number of nitrogens with one attached hydrogen (secondary N) is 1. The standard InChI is InChI=1S/C28H28BrN5OS/c1-19-8-14-24(15-9-19)34-26(21-10-12-22(13-11-21)28(2,3)4)32-33-27(34)36-18-25(35)31-30-17-20-6-5-7-23(29)16-20/h5-17H,18H2,1-4H3,(H,31,35)/b30-17-. The lowest BCUT2D eigenvalue weighted by molar-refractivity contribution is -0.118. The van der Waals surface area contributed by atoms with Gasteiger partial charge >= 0.3 is 0 Å². The number of hydrogen-bond acceptors (Lipinski definition) is 5. The minimum Gasteiger partial charge on any atom is -0.272 e. The summed E-state index contributed by atoms with van der Waals surface area (Å²) in [6.45, 7) is 8.63. The first-order valence-electron chi connectivity index (χ1n) is 11.5. The summed E-state index contributed by atoms with van der Waals surface area (Å²) in [5, 5.41) is 13.6. The van der Waals surface area contributed by atoms with Gasteiger partial charge in [0, 0.05) is 15.7 Å². The molecule has 36 heavy (non-hydrogen) atoms. The zero-order chi connectivity index (χ0) is 25.7. The molecule has 1 aromatic heterocycles. The second-order valence-corrected chi connectivity index (χ2v) is 11.3. The second kappa shape index (κ2) is 11.2. The molecule has 0 radical (unpaired) electrons. The smallest absolute Gasteiger partial charge is 0.250 e. The van der Waals surface area contributed by atoms with Gasteiger partial charge in [-0.05, 0) is 47.7 Å². The van der Waals surface area contributed by atoms with Crippen LogP contribution in [0.15, 0.2) is 87.5 Å². The maximum atomic E-state index is 12.5. The number of halogens is 1. The van der Waals surface area contributed by atoms with E-state index in [1.54, 1.807) is 6.21 Å². The van der Waals surface area contributed by atoms with Crippen LogP contribution < -0.4 is 5.43 Å². The minimum atomic E-state index is -0.221. The van der Waals surface area contributed by atoms with Crippen molar-refractivity contribution in [3.8, 4) is 17.1 Å². The van der Waals surface area contributed by atoms with Gasteiger partial charge in [-0.2, -0.15) is 5.10 Å². The number of aromatic nitrogens is 3. The van der Waals surface area contributed by atoms with E-state index in [2.05, 4.69) is 101 Å². The summed E-state index contributed by atoms with van der Waals surface area (Å²) in [7, 11) is 0. The summed E-state index contributed by atoms with van der Waals surface area (Å²) >= 11 is 4.75. The third-order valence-electron chi connectivity index (χ3n) is 5.52. The van der Waals surface area contributed by atoms with Crippen LogP contribution in [-0.2, 0) is 10.2 Å². The van der Waals surface area contributed by atoms with Crippen LogP contribution in [0.2, 0.25) is 0 Å². The number of carbonyl (C=O) groups excluding carboxylic acids is 1. The summed E-state index contributed by atoms with van der Waals surface area (Å²) in [6, 6.07) is 24.3. The van der Waals surface area contributed by atoms with Gasteiger partial charge in [-0.25, -0.2) is 5.43 Å². The number of hydrogen-bond donors (Lipinski definition) is 1. The predicted octanol–water partition coefficient (Wildman–Crippen LogP) is 6.55. The molecule has 3 aromatic carbocycles. The number of rotatable bonds is 7. The van der Waals surface area contributed by atoms with Crippen LogP contribution in [0.3, 0.4) is 0 Å². The van der Waals surface area contributed by atoms with Crippen molar-refractivity contribution >= 4 is 39.8 Å². The fraction of sp³-hybridized carbons (Fsp3) is 0.214. The Kier molecular flexibility index (Phi) is 8.06. The number of hydrazone groups is 1. The topological polar surface area (TPSA) is 72.2 Å². The van der Waals surface area contributed by atoms with E-state index in [1.165, 1.54) is 22.9 Å². The molecule has 8 heteroatoms. The molecule has 0 fully saturated rings. The Labute approximate surface area is 224 Å². The lowest BCUT2D eigenvalue weighted by atomic mass is 9.87. The van der Waals surface area contributed by atoms with E-state index in [-0.39, 0.29) is 17.1 Å². The summed E-state index contributed by atoms with van der Waals surface area (Å²) in [4.78, 5) is 12.5. The van der Waals surface area contributed by atoms with E-state index < -0.39 is 0 Å². The lowest BCUT2D eigenvalue weighted by Crippen LogP contribution is -2.20. The van der Waals surface area contributed by atoms with E-state index in [0.717, 1.165) is 27.1 Å². The lowest BCUT2D eigenvalue weighted by Gasteiger charge is -2.19. The first-order chi connectivity index (χ1) is 17.2. The third-order valence-corrected chi connectivity index (χ3v) is 6.94. The molecular weight excluding hydrogens is 534 g/mol. The zero-order valence-corrected chi connectivity index (χ0v) is 23.1. The van der Waals surface area contributed by atoms with Crippen LogP contribution in [0.5, 0.6) is 0 Å². The van der Waals surface area contributed by atoms with Gasteiger partial charge in [0.1, 0.15) is 0 Å². The van der Waals surface area contributed by atoms with Crippen molar-refractivity contribution in [1.29, 1.82) is 0 Å². The van der Waals surface area contributed by atoms with Gasteiger partial charge in [-0.3, -0.25) is 9.36 Å². The SMILES string of the molecule is Cc1ccc(-n2c(SCC(=O)N/N=C\c3cccc(Br)c3)nnc2-c2ccc(C(C)(C)C)cc2)cc1. The fourth-order valence-corrected chi connectivity index (χ4v) is 4.69. The number of thioether (sulfide) groups is 1. The Morgan fingerprint density at radius 3 is 2.44 bits per heavy atom. The van der Waals surface area contributed by atoms with Crippen LogP contribution in [0.1, 0.15) is 37.5 Å². The Hall–Kier alpha value is -3.23. The molecule has 0 bridgehead atoms. The highest BCUT2D eigenvalue weighted by Gasteiger charge is 2.19. The molecule has 0 aliphatic carbocycles. The fourth-order valence-electron chi connectivity index (χ4n) is 3.52. The number of amides is 1. The van der Waals surface area contributed by atoms with E-state index in [4.69, 9.17) is 0 Å². The molecular formula is C28H28BrN5OS. The van der Waals surface area contributed by atoms with Gasteiger partial charge < -0.3 is 0 Å². The highest BCUT2D eigenvalue weighted by atomic mass is 79.9. The highest BCUT2D eigenvalue weighted by Crippen LogP contribution is 2.30. The summed E-state index contributed by atoms with van der Waals surface area (Å²) < 4.78 is 2.95. The molecule has 0 atom stereocenters. The molecule has 1 heterocycles. The normalized spacial score (nSPS) is 11.7. The van der Waals surface area contributed by atoms with Gasteiger partial charge in [0.15, 0.2) is 11.0 Å². The molecule has 0 saturated heterocycles. The number of carbonyl (C=O) groups is 1. The van der Waals surface area contributed by atoms with E-state index in [0.29, 0.717) is 5.16 Å². The van der Waals surface area contributed by atoms with Crippen LogP contribution in [0, 0.1) is 6.92 Å². The number of nitrogens with zero attached hydrogens (tertiary/aromatic N) is 4. The van der Waals surface area contributed by atoms with Gasteiger partial charge in [-0.15, -0.1) is 10.2 Å². The summed E-state index contributed by atoms with van der Waals surface area (Å²) in [5.74, 6) is 0.665. The van der Waals surface area contributed by atoms with Crippen LogP contribution in [-0.4, -0.2) is 32.6 Å². The molecule has 0 saturated carbocycles. The van der Waals surface area contributed by atoms with E-state index >= 15 is 0 Å². The van der Waals surface area contributed by atoms with Crippen molar-refractivity contribution in [2.75, 3.05) is 5.75 Å². The molecule has 4 rings (SSSR count). The van der Waals surface area contributed by atoms with Crippen molar-refractivity contribution in [1.82, 2.24) is 20.2 Å². The Morgan fingerprint density at radius 1 is 1.06 bits per heavy atom. The molecule has 1 amide bonds. The maximum absolute atomic E-state index is 12.5. The largest absolute Gasteiger partial charge is 0.272 e. The Morgan fingerprint density at radius 2 is 1.78 bits per heavy atom. The average Bonchev–Trinajstić information content (AvgIpc) is 3.27. The quantitative estimate of drug-likeness (QED) is 0.158. The summed E-state index contributed by atoms with van der Waals surface area (Å²) in [5.41, 5.74) is 7.86. The minimum absolute atomic E-state index is 0.0665. The van der Waals surface area contributed by atoms with E-state index in [1.807, 2.05) is 41.0 Å². The van der Waals surface area contributed by atoms with Crippen molar-refractivity contribution in [2.45, 2.75) is 38.3 Å². The Bertz CT molecular complexity index is 1370. The van der Waals surface area contributed by atoms with Crippen molar-refractivity contribution in [2.24, 2.45) is 5.10 Å². The molecule has 0 unspecified atom stereocenters. The maximum Gasteiger partial charge on any atom is 0.250 e. The molecule has 0 spiro atoms. The first kappa shape index (κ1) is 25.9. The molecule has 0 aliphatic rings. The van der Waals surface area contributed by atoms with Crippen LogP contribution in [0.25, 0.3) is 17.1 Å². The van der Waals surface area contributed by atoms with Gasteiger partial charge in [0.05, 0.1) is 12.0 Å². The monoisotopic (exact) mass is 561 g/mol. The van der Waals surface area contributed by atoms with Crippen LogP contribution in [0.4, 0.5) is 0 Å². The average molecular weight is 563 g/mol. The zero-order valence-electron chi connectivity index (χ0n) is 20.7. The molecule has 4 aromatic rings. The van der Waals surface area contributed by atoms with Crippen molar-refractivity contribution in [3.63, 3.8) is 0 Å². The molecule has 6 nitrogen and oxygen atoms in total. The molecule has 184 valence electrons. The first-order valence-corrected chi connectivity index (χ1v) is 13.3. The Balaban J connectivity index is 1.54. The van der Waals surface area contributed by atoms with Crippen molar-refractivity contribution in [3.05, 3.63) is 94.0 Å². The van der Waals surface area contributed by atoms with Gasteiger partial charge in [0.2, 0.25) is 0 Å². The second-order valence-electron chi connectivity index (χ2n) is 9.44. The van der Waals surface area contributed by atoms with E-state index in [9.17, 15) is 4.79 Å². The number of aryl methyl sites for hydroxylation is 1. The number of benzene rings is 3. The van der Waals surface area contributed by atoms with Crippen molar-refractivity contribution < 1.29 is 4.79 Å². The predicted molar refractivity (Wildman–Crippen MR) is 151 cm³/mol. The molecule has 1 N–H and O–H groups in total. The molecule has 0 aliphatic heterocycles.